The van der Waals surface area contributed by atoms with E-state index >= 15 is 0 Å². The largest absolute Gasteiger partial charge is 0.462 e. The maximum atomic E-state index is 12.5. The first-order chi connectivity index (χ1) is 14.4. The molecule has 1 atom stereocenters. The number of amides is 2. The van der Waals surface area contributed by atoms with Crippen LogP contribution in [0.4, 0.5) is 11.4 Å². The normalized spacial score (nSPS) is 17.3. The van der Waals surface area contributed by atoms with Gasteiger partial charge < -0.3 is 10.1 Å². The van der Waals surface area contributed by atoms with Crippen LogP contribution >= 0.6 is 34.4 Å². The van der Waals surface area contributed by atoms with E-state index in [2.05, 4.69) is 32.9 Å². The molecule has 0 unspecified atom stereocenters. The Morgan fingerprint density at radius 1 is 1.17 bits per heavy atom. The molecule has 156 valence electrons. The number of ether oxygens (including phenoxy) is 1. The molecular formula is C21H20IN3O4S. The van der Waals surface area contributed by atoms with Gasteiger partial charge in [0, 0.05) is 22.7 Å². The minimum Gasteiger partial charge on any atom is -0.462 e. The van der Waals surface area contributed by atoms with Crippen molar-refractivity contribution in [2.45, 2.75) is 18.6 Å². The van der Waals surface area contributed by atoms with Crippen molar-refractivity contribution in [2.24, 2.45) is 4.99 Å². The van der Waals surface area contributed by atoms with Crippen LogP contribution in [0, 0.1) is 3.57 Å². The molecule has 1 heterocycles. The van der Waals surface area contributed by atoms with Crippen molar-refractivity contribution in [3.63, 3.8) is 0 Å². The lowest BCUT2D eigenvalue weighted by molar-refractivity contribution is -0.127. The van der Waals surface area contributed by atoms with Crippen LogP contribution in [0.5, 0.6) is 0 Å². The summed E-state index contributed by atoms with van der Waals surface area (Å²) in [6, 6.07) is 14.1. The van der Waals surface area contributed by atoms with Crippen molar-refractivity contribution < 1.29 is 19.1 Å². The van der Waals surface area contributed by atoms with Crippen LogP contribution in [-0.4, -0.2) is 46.8 Å². The predicted molar refractivity (Wildman–Crippen MR) is 126 cm³/mol. The number of carbonyl (C=O) groups excluding carboxylic acids is 3. The van der Waals surface area contributed by atoms with E-state index in [0.29, 0.717) is 28.7 Å². The summed E-state index contributed by atoms with van der Waals surface area (Å²) in [6.45, 7) is 2.06. The number of aliphatic imine (C=N–C) groups is 1. The molecule has 30 heavy (non-hydrogen) atoms. The first-order valence-electron chi connectivity index (χ1n) is 9.23. The second-order valence-corrected chi connectivity index (χ2v) is 8.84. The van der Waals surface area contributed by atoms with E-state index in [0.717, 1.165) is 3.57 Å². The van der Waals surface area contributed by atoms with Gasteiger partial charge in [0.1, 0.15) is 5.25 Å². The third-order valence-corrected chi connectivity index (χ3v) is 6.19. The van der Waals surface area contributed by atoms with Gasteiger partial charge in [-0.05, 0) is 78.0 Å². The minimum absolute atomic E-state index is 0.0562. The second-order valence-electron chi connectivity index (χ2n) is 6.42. The number of rotatable bonds is 6. The summed E-state index contributed by atoms with van der Waals surface area (Å²) in [4.78, 5) is 42.6. The summed E-state index contributed by atoms with van der Waals surface area (Å²) in [7, 11) is 1.64. The van der Waals surface area contributed by atoms with E-state index in [1.165, 1.54) is 16.7 Å². The van der Waals surface area contributed by atoms with Crippen LogP contribution in [0.1, 0.15) is 23.7 Å². The van der Waals surface area contributed by atoms with Crippen LogP contribution in [0.25, 0.3) is 0 Å². The average molecular weight is 537 g/mol. The number of anilines is 1. The topological polar surface area (TPSA) is 88.1 Å². The van der Waals surface area contributed by atoms with Crippen LogP contribution in [0.3, 0.4) is 0 Å². The van der Waals surface area contributed by atoms with Gasteiger partial charge in [-0.3, -0.25) is 14.5 Å². The Morgan fingerprint density at radius 3 is 2.47 bits per heavy atom. The molecule has 2 aromatic rings. The van der Waals surface area contributed by atoms with E-state index in [1.54, 1.807) is 38.2 Å². The maximum absolute atomic E-state index is 12.5. The van der Waals surface area contributed by atoms with E-state index in [9.17, 15) is 14.4 Å². The van der Waals surface area contributed by atoms with Crippen molar-refractivity contribution in [3.8, 4) is 0 Å². The minimum atomic E-state index is -0.531. The van der Waals surface area contributed by atoms with Gasteiger partial charge in [-0.25, -0.2) is 9.79 Å². The van der Waals surface area contributed by atoms with Crippen LogP contribution in [0.15, 0.2) is 53.5 Å². The summed E-state index contributed by atoms with van der Waals surface area (Å²) < 4.78 is 6.04. The second kappa shape index (κ2) is 10.1. The van der Waals surface area contributed by atoms with Crippen LogP contribution in [-0.2, 0) is 14.3 Å². The summed E-state index contributed by atoms with van der Waals surface area (Å²) >= 11 is 3.45. The van der Waals surface area contributed by atoms with Gasteiger partial charge >= 0.3 is 5.97 Å². The van der Waals surface area contributed by atoms with Gasteiger partial charge in [0.15, 0.2) is 5.17 Å². The Hall–Kier alpha value is -2.40. The number of thioether (sulfide) groups is 1. The first-order valence-corrected chi connectivity index (χ1v) is 11.2. The quantitative estimate of drug-likeness (QED) is 0.444. The number of carbonyl (C=O) groups is 3. The van der Waals surface area contributed by atoms with Crippen molar-refractivity contribution >= 4 is 68.7 Å². The predicted octanol–water partition coefficient (Wildman–Crippen LogP) is 4.06. The van der Waals surface area contributed by atoms with E-state index < -0.39 is 11.2 Å². The number of nitrogens with zero attached hydrogens (tertiary/aromatic N) is 2. The first kappa shape index (κ1) is 22.3. The molecule has 1 aliphatic rings. The summed E-state index contributed by atoms with van der Waals surface area (Å²) in [5.41, 5.74) is 1.74. The van der Waals surface area contributed by atoms with Crippen LogP contribution < -0.4 is 5.32 Å². The van der Waals surface area contributed by atoms with E-state index in [4.69, 9.17) is 4.74 Å². The highest BCUT2D eigenvalue weighted by molar-refractivity contribution is 14.1. The van der Waals surface area contributed by atoms with E-state index in [1.807, 2.05) is 24.3 Å². The highest BCUT2D eigenvalue weighted by Crippen LogP contribution is 2.31. The number of hydrogen-bond donors (Lipinski definition) is 1. The number of amidine groups is 1. The van der Waals surface area contributed by atoms with Crippen molar-refractivity contribution in [3.05, 3.63) is 57.7 Å². The molecule has 0 spiro atoms. The lowest BCUT2D eigenvalue weighted by Gasteiger charge is -2.09. The van der Waals surface area contributed by atoms with Gasteiger partial charge in [0.25, 0.3) is 0 Å². The average Bonchev–Trinajstić information content (AvgIpc) is 2.98. The smallest absolute Gasteiger partial charge is 0.338 e. The monoisotopic (exact) mass is 537 g/mol. The summed E-state index contributed by atoms with van der Waals surface area (Å²) in [5.74, 6) is -0.784. The van der Waals surface area contributed by atoms with Gasteiger partial charge in [0.05, 0.1) is 17.9 Å². The lowest BCUT2D eigenvalue weighted by atomic mass is 10.2. The van der Waals surface area contributed by atoms with Crippen molar-refractivity contribution in [1.29, 1.82) is 0 Å². The van der Waals surface area contributed by atoms with Crippen molar-refractivity contribution in [1.82, 2.24) is 4.90 Å². The lowest BCUT2D eigenvalue weighted by Crippen LogP contribution is -2.30. The highest BCUT2D eigenvalue weighted by Gasteiger charge is 2.37. The number of esters is 1. The molecule has 2 amide bonds. The Bertz CT molecular complexity index is 977. The molecule has 0 bridgehead atoms. The Balaban J connectivity index is 1.64. The number of benzene rings is 2. The zero-order valence-corrected chi connectivity index (χ0v) is 19.4. The fourth-order valence-electron chi connectivity index (χ4n) is 2.71. The number of nitrogens with one attached hydrogen (secondary N) is 1. The molecule has 0 aromatic heterocycles. The third-order valence-electron chi connectivity index (χ3n) is 4.24. The molecule has 0 radical (unpaired) electrons. The fraction of sp³-hybridized carbons (Fsp3) is 0.238. The molecule has 3 rings (SSSR count). The fourth-order valence-corrected chi connectivity index (χ4v) is 4.22. The zero-order chi connectivity index (χ0) is 21.7. The zero-order valence-electron chi connectivity index (χ0n) is 16.4. The molecule has 1 N–H and O–H groups in total. The molecule has 2 aromatic carbocycles. The molecule has 9 heteroatoms. The molecule has 0 aliphatic carbocycles. The standard InChI is InChI=1S/C21H20IN3O4S/c1-3-29-20(28)13-4-8-16(9-5-13)24-21-25(2)19(27)17(30-21)12-18(26)23-15-10-6-14(22)7-11-15/h4-11,17H,3,12H2,1-2H3,(H,23,26)/t17-/m1/s1. The Kier molecular flexibility index (Phi) is 7.48. The van der Waals surface area contributed by atoms with Gasteiger partial charge in [-0.2, -0.15) is 0 Å². The summed E-state index contributed by atoms with van der Waals surface area (Å²) in [6.07, 6.45) is 0.0562. The molecule has 0 saturated carbocycles. The van der Waals surface area contributed by atoms with Gasteiger partial charge in [0.2, 0.25) is 11.8 Å². The maximum Gasteiger partial charge on any atom is 0.338 e. The Morgan fingerprint density at radius 2 is 1.83 bits per heavy atom. The van der Waals surface area contributed by atoms with E-state index in [-0.39, 0.29) is 18.2 Å². The molecule has 7 nitrogen and oxygen atoms in total. The summed E-state index contributed by atoms with van der Waals surface area (Å²) in [5, 5.41) is 2.79. The third kappa shape index (κ3) is 5.60. The molecule has 1 fully saturated rings. The van der Waals surface area contributed by atoms with Crippen molar-refractivity contribution in [2.75, 3.05) is 19.0 Å². The number of halogens is 1. The van der Waals surface area contributed by atoms with Gasteiger partial charge in [-0.15, -0.1) is 0 Å². The highest BCUT2D eigenvalue weighted by atomic mass is 127. The SMILES string of the molecule is CCOC(=O)c1ccc(N=C2S[C@H](CC(=O)Nc3ccc(I)cc3)C(=O)N2C)cc1. The number of hydrogen-bond acceptors (Lipinski definition) is 6. The van der Waals surface area contributed by atoms with Crippen LogP contribution in [0.2, 0.25) is 0 Å². The Labute approximate surface area is 192 Å². The van der Waals surface area contributed by atoms with Gasteiger partial charge in [-0.1, -0.05) is 11.8 Å². The molecule has 1 saturated heterocycles. The molecule has 1 aliphatic heterocycles. The molecular weight excluding hydrogens is 517 g/mol.